The molecule has 1 aliphatic carbocycles. The second-order valence-corrected chi connectivity index (χ2v) is 5.98. The number of hydrogen-bond acceptors (Lipinski definition) is 3. The lowest BCUT2D eigenvalue weighted by molar-refractivity contribution is 0.300. The van der Waals surface area contributed by atoms with E-state index in [0.717, 1.165) is 18.0 Å². The summed E-state index contributed by atoms with van der Waals surface area (Å²) >= 11 is 0. The Balaban J connectivity index is 1.96. The van der Waals surface area contributed by atoms with Crippen LogP contribution in [-0.2, 0) is 6.54 Å². The number of aryl methyl sites for hydroxylation is 1. The first-order valence-electron chi connectivity index (χ1n) is 7.41. The van der Waals surface area contributed by atoms with Gasteiger partial charge in [0.2, 0.25) is 0 Å². The molecule has 0 radical (unpaired) electrons. The molecule has 1 aromatic rings. The van der Waals surface area contributed by atoms with Gasteiger partial charge in [0.15, 0.2) is 5.84 Å². The fourth-order valence-electron chi connectivity index (χ4n) is 2.99. The Morgan fingerprint density at radius 2 is 2.25 bits per heavy atom. The van der Waals surface area contributed by atoms with Crippen LogP contribution >= 0.6 is 0 Å². The lowest BCUT2D eigenvalue weighted by Crippen LogP contribution is -2.33. The molecule has 0 saturated heterocycles. The van der Waals surface area contributed by atoms with Gasteiger partial charge in [-0.3, -0.25) is 0 Å². The van der Waals surface area contributed by atoms with Crippen molar-refractivity contribution in [3.8, 4) is 0 Å². The van der Waals surface area contributed by atoms with Crippen LogP contribution in [0.3, 0.4) is 0 Å². The van der Waals surface area contributed by atoms with Crippen LogP contribution in [0.15, 0.2) is 23.4 Å². The summed E-state index contributed by atoms with van der Waals surface area (Å²) in [6.45, 7) is 5.29. The number of rotatable bonds is 4. The highest BCUT2D eigenvalue weighted by molar-refractivity contribution is 5.97. The monoisotopic (exact) mass is 275 g/mol. The molecule has 1 aromatic carbocycles. The van der Waals surface area contributed by atoms with Gasteiger partial charge in [-0.15, -0.1) is 0 Å². The van der Waals surface area contributed by atoms with Crippen molar-refractivity contribution in [3.05, 3.63) is 34.9 Å². The molecular weight excluding hydrogens is 250 g/mol. The number of oxime groups is 1. The maximum Gasteiger partial charge on any atom is 0.170 e. The van der Waals surface area contributed by atoms with Crippen LogP contribution in [0.25, 0.3) is 0 Å². The average molecular weight is 275 g/mol. The third-order valence-corrected chi connectivity index (χ3v) is 4.26. The minimum atomic E-state index is 0.161. The number of hydrogen-bond donors (Lipinski definition) is 3. The molecule has 2 rings (SSSR count). The van der Waals surface area contributed by atoms with Crippen molar-refractivity contribution in [1.82, 2.24) is 5.32 Å². The van der Waals surface area contributed by atoms with E-state index in [1.807, 2.05) is 12.1 Å². The first-order chi connectivity index (χ1) is 9.60. The highest BCUT2D eigenvalue weighted by Gasteiger charge is 2.18. The van der Waals surface area contributed by atoms with E-state index in [0.29, 0.717) is 6.04 Å². The van der Waals surface area contributed by atoms with Crippen molar-refractivity contribution < 1.29 is 5.21 Å². The molecule has 4 N–H and O–H groups in total. The molecule has 0 aliphatic heterocycles. The molecule has 4 heteroatoms. The minimum absolute atomic E-state index is 0.161. The number of nitrogens with zero attached hydrogens (tertiary/aromatic N) is 1. The molecule has 0 aromatic heterocycles. The Bertz CT molecular complexity index is 485. The summed E-state index contributed by atoms with van der Waals surface area (Å²) in [6.07, 6.45) is 5.26. The molecule has 0 bridgehead atoms. The van der Waals surface area contributed by atoms with Crippen LogP contribution in [0.4, 0.5) is 0 Å². The number of nitrogens with one attached hydrogen (secondary N) is 1. The van der Waals surface area contributed by atoms with Crippen LogP contribution in [0.1, 0.15) is 49.3 Å². The summed E-state index contributed by atoms with van der Waals surface area (Å²) in [5, 5.41) is 15.4. The van der Waals surface area contributed by atoms with Gasteiger partial charge in [-0.25, -0.2) is 0 Å². The normalized spacial score (nSPS) is 23.8. The SMILES string of the molecule is Cc1cc(/C(N)=N/O)ccc1CNC1CCCC(C)C1. The molecule has 4 nitrogen and oxygen atoms in total. The minimum Gasteiger partial charge on any atom is -0.409 e. The Morgan fingerprint density at radius 1 is 1.45 bits per heavy atom. The molecule has 0 amide bonds. The summed E-state index contributed by atoms with van der Waals surface area (Å²) in [6, 6.07) is 6.57. The molecular formula is C16H25N3O. The van der Waals surface area contributed by atoms with Crippen LogP contribution in [0, 0.1) is 12.8 Å². The average Bonchev–Trinajstić information content (AvgIpc) is 2.45. The van der Waals surface area contributed by atoms with Crippen molar-refractivity contribution in [1.29, 1.82) is 0 Å². The largest absolute Gasteiger partial charge is 0.409 e. The predicted octanol–water partition coefficient (Wildman–Crippen LogP) is 2.76. The number of nitrogens with two attached hydrogens (primary N) is 1. The second-order valence-electron chi connectivity index (χ2n) is 5.98. The van der Waals surface area contributed by atoms with E-state index in [1.165, 1.54) is 36.8 Å². The van der Waals surface area contributed by atoms with E-state index < -0.39 is 0 Å². The summed E-state index contributed by atoms with van der Waals surface area (Å²) in [7, 11) is 0. The van der Waals surface area contributed by atoms with E-state index in [9.17, 15) is 0 Å². The number of benzene rings is 1. The zero-order chi connectivity index (χ0) is 14.5. The van der Waals surface area contributed by atoms with Gasteiger partial charge in [0.05, 0.1) is 0 Å². The molecule has 0 spiro atoms. The Hall–Kier alpha value is -1.55. The molecule has 0 heterocycles. The van der Waals surface area contributed by atoms with Gasteiger partial charge < -0.3 is 16.3 Å². The quantitative estimate of drug-likeness (QED) is 0.342. The molecule has 2 atom stereocenters. The first-order valence-corrected chi connectivity index (χ1v) is 7.41. The zero-order valence-corrected chi connectivity index (χ0v) is 12.4. The van der Waals surface area contributed by atoms with E-state index in [4.69, 9.17) is 10.9 Å². The van der Waals surface area contributed by atoms with Crippen molar-refractivity contribution >= 4 is 5.84 Å². The van der Waals surface area contributed by atoms with Gasteiger partial charge in [0.1, 0.15) is 0 Å². The molecule has 1 fully saturated rings. The summed E-state index contributed by atoms with van der Waals surface area (Å²) in [4.78, 5) is 0. The van der Waals surface area contributed by atoms with Crippen molar-refractivity contribution in [2.24, 2.45) is 16.8 Å². The van der Waals surface area contributed by atoms with Gasteiger partial charge in [-0.2, -0.15) is 0 Å². The number of amidine groups is 1. The fourth-order valence-corrected chi connectivity index (χ4v) is 2.99. The van der Waals surface area contributed by atoms with Gasteiger partial charge in [0.25, 0.3) is 0 Å². The lowest BCUT2D eigenvalue weighted by Gasteiger charge is -2.27. The van der Waals surface area contributed by atoms with Crippen molar-refractivity contribution in [3.63, 3.8) is 0 Å². The van der Waals surface area contributed by atoms with E-state index in [1.54, 1.807) is 0 Å². The smallest absolute Gasteiger partial charge is 0.170 e. The van der Waals surface area contributed by atoms with Crippen LogP contribution in [-0.4, -0.2) is 17.1 Å². The summed E-state index contributed by atoms with van der Waals surface area (Å²) < 4.78 is 0. The van der Waals surface area contributed by atoms with Crippen molar-refractivity contribution in [2.45, 2.75) is 52.1 Å². The lowest BCUT2D eigenvalue weighted by atomic mass is 9.87. The standard InChI is InChI=1S/C16H25N3O/c1-11-4-3-5-15(8-11)18-10-14-7-6-13(9-12(14)2)16(17)19-20/h6-7,9,11,15,18,20H,3-5,8,10H2,1-2H3,(H2,17,19). The fraction of sp³-hybridized carbons (Fsp3) is 0.562. The van der Waals surface area contributed by atoms with E-state index in [2.05, 4.69) is 30.4 Å². The second kappa shape index (κ2) is 6.75. The molecule has 1 aliphatic rings. The zero-order valence-electron chi connectivity index (χ0n) is 12.4. The highest BCUT2D eigenvalue weighted by Crippen LogP contribution is 2.24. The third kappa shape index (κ3) is 3.73. The summed E-state index contributed by atoms with van der Waals surface area (Å²) in [5.41, 5.74) is 8.82. The summed E-state index contributed by atoms with van der Waals surface area (Å²) in [5.74, 6) is 0.999. The molecule has 1 saturated carbocycles. The van der Waals surface area contributed by atoms with Crippen LogP contribution < -0.4 is 11.1 Å². The van der Waals surface area contributed by atoms with Crippen LogP contribution in [0.2, 0.25) is 0 Å². The maximum atomic E-state index is 8.70. The Labute approximate surface area is 121 Å². The molecule has 2 unspecified atom stereocenters. The Morgan fingerprint density at radius 3 is 2.90 bits per heavy atom. The maximum absolute atomic E-state index is 8.70. The van der Waals surface area contributed by atoms with Gasteiger partial charge >= 0.3 is 0 Å². The topological polar surface area (TPSA) is 70.6 Å². The van der Waals surface area contributed by atoms with Gasteiger partial charge in [-0.05, 0) is 42.9 Å². The molecule has 20 heavy (non-hydrogen) atoms. The van der Waals surface area contributed by atoms with Crippen molar-refractivity contribution in [2.75, 3.05) is 0 Å². The van der Waals surface area contributed by atoms with E-state index >= 15 is 0 Å². The first kappa shape index (κ1) is 14.9. The van der Waals surface area contributed by atoms with Gasteiger partial charge in [-0.1, -0.05) is 37.1 Å². The van der Waals surface area contributed by atoms with E-state index in [-0.39, 0.29) is 5.84 Å². The van der Waals surface area contributed by atoms with Crippen LogP contribution in [0.5, 0.6) is 0 Å². The Kier molecular flexibility index (Phi) is 5.01. The predicted molar refractivity (Wildman–Crippen MR) is 81.9 cm³/mol. The highest BCUT2D eigenvalue weighted by atomic mass is 16.4. The van der Waals surface area contributed by atoms with Gasteiger partial charge in [0, 0.05) is 18.2 Å². The third-order valence-electron chi connectivity index (χ3n) is 4.26. The molecule has 110 valence electrons.